The van der Waals surface area contributed by atoms with Crippen LogP contribution in [-0.4, -0.2) is 11.0 Å². The molecule has 1 aromatic heterocycles. The quantitative estimate of drug-likeness (QED) is 0.780. The monoisotopic (exact) mass is 205 g/mol. The highest BCUT2D eigenvalue weighted by molar-refractivity contribution is 5.44. The fourth-order valence-electron chi connectivity index (χ4n) is 2.25. The Hall–Kier alpha value is -1.25. The van der Waals surface area contributed by atoms with Crippen LogP contribution in [0.4, 0.5) is 11.5 Å². The normalized spacial score (nSPS) is 30.4. The molecule has 3 heteroatoms. The number of nitrogens with two attached hydrogens (primary N) is 1. The van der Waals surface area contributed by atoms with Crippen molar-refractivity contribution in [2.24, 2.45) is 11.8 Å². The van der Waals surface area contributed by atoms with Crippen LogP contribution in [0.15, 0.2) is 18.3 Å². The maximum atomic E-state index is 5.59. The smallest absolute Gasteiger partial charge is 0.126 e. The van der Waals surface area contributed by atoms with Gasteiger partial charge < -0.3 is 11.1 Å². The lowest BCUT2D eigenvalue weighted by molar-refractivity contribution is 0.435. The first-order chi connectivity index (χ1) is 7.16. The average molecular weight is 205 g/mol. The number of hydrogen-bond acceptors (Lipinski definition) is 3. The van der Waals surface area contributed by atoms with Crippen molar-refractivity contribution in [1.82, 2.24) is 4.98 Å². The molecule has 1 heterocycles. The Morgan fingerprint density at radius 1 is 1.33 bits per heavy atom. The third-order valence-corrected chi connectivity index (χ3v) is 3.58. The topological polar surface area (TPSA) is 50.9 Å². The zero-order chi connectivity index (χ0) is 10.8. The highest BCUT2D eigenvalue weighted by atomic mass is 15.0. The molecular formula is C12H19N3. The maximum absolute atomic E-state index is 5.59. The molecule has 1 aromatic rings. The second-order valence-electron chi connectivity index (χ2n) is 4.64. The van der Waals surface area contributed by atoms with Gasteiger partial charge in [-0.25, -0.2) is 4.98 Å². The Kier molecular flexibility index (Phi) is 2.80. The third-order valence-electron chi connectivity index (χ3n) is 3.58. The summed E-state index contributed by atoms with van der Waals surface area (Å²) in [5.41, 5.74) is 6.31. The van der Waals surface area contributed by atoms with E-state index in [9.17, 15) is 0 Å². The molecule has 0 aliphatic heterocycles. The van der Waals surface area contributed by atoms with Gasteiger partial charge in [0.15, 0.2) is 0 Å². The van der Waals surface area contributed by atoms with E-state index in [0.717, 1.165) is 17.7 Å². The van der Waals surface area contributed by atoms with Crippen molar-refractivity contribution in [2.75, 3.05) is 11.1 Å². The Bertz CT molecular complexity index is 320. The maximum Gasteiger partial charge on any atom is 0.126 e. The molecule has 3 nitrogen and oxygen atoms in total. The van der Waals surface area contributed by atoms with Crippen LogP contribution < -0.4 is 11.1 Å². The summed E-state index contributed by atoms with van der Waals surface area (Å²) in [6, 6.07) is 4.40. The van der Waals surface area contributed by atoms with Crippen LogP contribution in [0, 0.1) is 11.8 Å². The molecule has 1 saturated carbocycles. The second kappa shape index (κ2) is 4.09. The largest absolute Gasteiger partial charge is 0.397 e. The van der Waals surface area contributed by atoms with Gasteiger partial charge >= 0.3 is 0 Å². The fraction of sp³-hybridized carbons (Fsp3) is 0.583. The van der Waals surface area contributed by atoms with Gasteiger partial charge in [0.2, 0.25) is 0 Å². The number of nitrogens with one attached hydrogen (secondary N) is 1. The predicted molar refractivity (Wildman–Crippen MR) is 63.6 cm³/mol. The minimum Gasteiger partial charge on any atom is -0.397 e. The highest BCUT2D eigenvalue weighted by Gasteiger charge is 2.29. The molecule has 0 amide bonds. The van der Waals surface area contributed by atoms with Crippen molar-refractivity contribution >= 4 is 11.5 Å². The molecule has 0 radical (unpaired) electrons. The lowest BCUT2D eigenvalue weighted by Crippen LogP contribution is -2.24. The molecule has 1 aliphatic rings. The number of nitrogens with zero attached hydrogens (tertiary/aromatic N) is 1. The van der Waals surface area contributed by atoms with Crippen LogP contribution in [0.5, 0.6) is 0 Å². The molecule has 82 valence electrons. The van der Waals surface area contributed by atoms with Gasteiger partial charge in [-0.3, -0.25) is 0 Å². The Balaban J connectivity index is 2.00. The SMILES string of the molecule is CC1CCC(Nc2ccc(N)cn2)C1C. The van der Waals surface area contributed by atoms with Crippen molar-refractivity contribution in [3.63, 3.8) is 0 Å². The van der Waals surface area contributed by atoms with E-state index in [4.69, 9.17) is 5.73 Å². The summed E-state index contributed by atoms with van der Waals surface area (Å²) in [6.45, 7) is 4.63. The number of rotatable bonds is 2. The van der Waals surface area contributed by atoms with E-state index in [0.29, 0.717) is 11.7 Å². The molecule has 1 fully saturated rings. The first-order valence-corrected chi connectivity index (χ1v) is 5.65. The van der Waals surface area contributed by atoms with Gasteiger partial charge in [-0.2, -0.15) is 0 Å². The van der Waals surface area contributed by atoms with E-state index in [1.54, 1.807) is 6.20 Å². The van der Waals surface area contributed by atoms with E-state index in [-0.39, 0.29) is 0 Å². The minimum atomic E-state index is 0.566. The second-order valence-corrected chi connectivity index (χ2v) is 4.64. The average Bonchev–Trinajstić information content (AvgIpc) is 2.53. The first-order valence-electron chi connectivity index (χ1n) is 5.65. The lowest BCUT2D eigenvalue weighted by atomic mass is 9.98. The number of pyridine rings is 1. The van der Waals surface area contributed by atoms with Crippen molar-refractivity contribution in [2.45, 2.75) is 32.7 Å². The van der Waals surface area contributed by atoms with Gasteiger partial charge in [0.1, 0.15) is 5.82 Å². The van der Waals surface area contributed by atoms with Gasteiger partial charge in [-0.05, 0) is 36.8 Å². The molecule has 0 bridgehead atoms. The molecule has 0 saturated heterocycles. The summed E-state index contributed by atoms with van der Waals surface area (Å²) in [6.07, 6.45) is 4.26. The fourth-order valence-corrected chi connectivity index (χ4v) is 2.25. The molecular weight excluding hydrogens is 186 g/mol. The van der Waals surface area contributed by atoms with E-state index >= 15 is 0 Å². The van der Waals surface area contributed by atoms with Gasteiger partial charge in [0, 0.05) is 6.04 Å². The summed E-state index contributed by atoms with van der Waals surface area (Å²) in [7, 11) is 0. The molecule has 15 heavy (non-hydrogen) atoms. The molecule has 0 aromatic carbocycles. The summed E-state index contributed by atoms with van der Waals surface area (Å²) >= 11 is 0. The van der Waals surface area contributed by atoms with Crippen molar-refractivity contribution in [1.29, 1.82) is 0 Å². The Labute approximate surface area is 91.1 Å². The number of aromatic nitrogens is 1. The number of hydrogen-bond donors (Lipinski definition) is 2. The molecule has 3 N–H and O–H groups in total. The molecule has 0 spiro atoms. The number of anilines is 2. The third kappa shape index (κ3) is 2.22. The Morgan fingerprint density at radius 2 is 2.13 bits per heavy atom. The predicted octanol–water partition coefficient (Wildman–Crippen LogP) is 2.51. The highest BCUT2D eigenvalue weighted by Crippen LogP contribution is 2.32. The van der Waals surface area contributed by atoms with Crippen LogP contribution in [0.2, 0.25) is 0 Å². The minimum absolute atomic E-state index is 0.566. The van der Waals surface area contributed by atoms with Crippen LogP contribution >= 0.6 is 0 Å². The van der Waals surface area contributed by atoms with Crippen molar-refractivity contribution < 1.29 is 0 Å². The van der Waals surface area contributed by atoms with E-state index in [1.807, 2.05) is 12.1 Å². The summed E-state index contributed by atoms with van der Waals surface area (Å²) < 4.78 is 0. The van der Waals surface area contributed by atoms with E-state index in [2.05, 4.69) is 24.1 Å². The van der Waals surface area contributed by atoms with Crippen LogP contribution in [0.25, 0.3) is 0 Å². The van der Waals surface area contributed by atoms with Crippen LogP contribution in [0.3, 0.4) is 0 Å². The molecule has 1 aliphatic carbocycles. The van der Waals surface area contributed by atoms with Gasteiger partial charge in [-0.15, -0.1) is 0 Å². The van der Waals surface area contributed by atoms with E-state index in [1.165, 1.54) is 12.8 Å². The summed E-state index contributed by atoms with van der Waals surface area (Å²) in [5, 5.41) is 3.48. The van der Waals surface area contributed by atoms with E-state index < -0.39 is 0 Å². The van der Waals surface area contributed by atoms with Crippen molar-refractivity contribution in [3.8, 4) is 0 Å². The summed E-state index contributed by atoms with van der Waals surface area (Å²) in [4.78, 5) is 4.27. The van der Waals surface area contributed by atoms with Crippen LogP contribution in [0.1, 0.15) is 26.7 Å². The van der Waals surface area contributed by atoms with Gasteiger partial charge in [0.05, 0.1) is 11.9 Å². The Morgan fingerprint density at radius 3 is 2.67 bits per heavy atom. The first kappa shape index (κ1) is 10.3. The zero-order valence-corrected chi connectivity index (χ0v) is 9.40. The molecule has 3 unspecified atom stereocenters. The zero-order valence-electron chi connectivity index (χ0n) is 9.40. The van der Waals surface area contributed by atoms with Crippen molar-refractivity contribution in [3.05, 3.63) is 18.3 Å². The molecule has 3 atom stereocenters. The number of nitrogen functional groups attached to an aromatic ring is 1. The molecule has 2 rings (SSSR count). The van der Waals surface area contributed by atoms with Crippen LogP contribution in [-0.2, 0) is 0 Å². The van der Waals surface area contributed by atoms with Gasteiger partial charge in [-0.1, -0.05) is 13.8 Å². The van der Waals surface area contributed by atoms with Gasteiger partial charge in [0.25, 0.3) is 0 Å². The summed E-state index contributed by atoms with van der Waals surface area (Å²) in [5.74, 6) is 2.48. The lowest BCUT2D eigenvalue weighted by Gasteiger charge is -2.20. The standard InChI is InChI=1S/C12H19N3/c1-8-3-5-11(9(8)2)15-12-6-4-10(13)7-14-12/h4,6-9,11H,3,5,13H2,1-2H3,(H,14,15).